The lowest BCUT2D eigenvalue weighted by Crippen LogP contribution is -2.23. The van der Waals surface area contributed by atoms with Crippen LogP contribution in [0.15, 0.2) is 90.0 Å². The summed E-state index contributed by atoms with van der Waals surface area (Å²) < 4.78 is 33.3. The Morgan fingerprint density at radius 2 is 1.78 bits per heavy atom. The molecule has 0 radical (unpaired) electrons. The Labute approximate surface area is 186 Å². The monoisotopic (exact) mass is 447 g/mol. The Bertz CT molecular complexity index is 1370. The molecule has 1 heterocycles. The van der Waals surface area contributed by atoms with Crippen molar-refractivity contribution in [3.8, 4) is 5.75 Å². The molecule has 0 fully saturated rings. The molecule has 0 aliphatic carbocycles. The van der Waals surface area contributed by atoms with E-state index in [1.54, 1.807) is 43.6 Å². The van der Waals surface area contributed by atoms with Crippen molar-refractivity contribution in [1.29, 1.82) is 0 Å². The van der Waals surface area contributed by atoms with E-state index in [2.05, 4.69) is 15.0 Å². The van der Waals surface area contributed by atoms with Crippen LogP contribution in [0.1, 0.15) is 15.9 Å². The highest BCUT2D eigenvalue weighted by atomic mass is 32.2. The predicted molar refractivity (Wildman–Crippen MR) is 123 cm³/mol. The van der Waals surface area contributed by atoms with Crippen molar-refractivity contribution in [3.05, 3.63) is 96.2 Å². The number of anilines is 1. The fourth-order valence-corrected chi connectivity index (χ4v) is 4.34. The maximum Gasteiger partial charge on any atom is 0.255 e. The number of nitrogens with one attached hydrogen (secondary N) is 2. The van der Waals surface area contributed by atoms with Crippen molar-refractivity contribution >= 4 is 32.5 Å². The molecule has 4 aromatic rings. The Morgan fingerprint density at radius 1 is 0.969 bits per heavy atom. The van der Waals surface area contributed by atoms with Crippen molar-refractivity contribution in [1.82, 2.24) is 9.71 Å². The van der Waals surface area contributed by atoms with E-state index in [4.69, 9.17) is 4.74 Å². The van der Waals surface area contributed by atoms with E-state index in [0.717, 1.165) is 5.56 Å². The first kappa shape index (κ1) is 21.5. The van der Waals surface area contributed by atoms with Crippen molar-refractivity contribution in [2.75, 3.05) is 12.4 Å². The number of fused-ring (bicyclic) bond motifs is 1. The van der Waals surface area contributed by atoms with E-state index in [0.29, 0.717) is 22.3 Å². The maximum absolute atomic E-state index is 12.9. The molecular weight excluding hydrogens is 426 g/mol. The van der Waals surface area contributed by atoms with Crippen LogP contribution in [0.25, 0.3) is 10.9 Å². The highest BCUT2D eigenvalue weighted by molar-refractivity contribution is 7.89. The summed E-state index contributed by atoms with van der Waals surface area (Å²) in [5.41, 5.74) is 2.23. The molecule has 0 saturated heterocycles. The molecule has 32 heavy (non-hydrogen) atoms. The van der Waals surface area contributed by atoms with E-state index in [9.17, 15) is 13.2 Å². The molecule has 0 atom stereocenters. The number of carbonyl (C=O) groups is 1. The predicted octanol–water partition coefficient (Wildman–Crippen LogP) is 3.97. The summed E-state index contributed by atoms with van der Waals surface area (Å²) in [5, 5.41) is 3.56. The number of benzene rings is 3. The molecule has 1 aromatic heterocycles. The van der Waals surface area contributed by atoms with Crippen LogP contribution >= 0.6 is 0 Å². The number of hydrogen-bond donors (Lipinski definition) is 2. The summed E-state index contributed by atoms with van der Waals surface area (Å²) in [6, 6.07) is 22.2. The second kappa shape index (κ2) is 9.17. The first-order valence-electron chi connectivity index (χ1n) is 9.85. The van der Waals surface area contributed by atoms with Gasteiger partial charge < -0.3 is 10.1 Å². The molecular formula is C24H21N3O4S. The van der Waals surface area contributed by atoms with Crippen molar-refractivity contribution in [2.45, 2.75) is 11.4 Å². The van der Waals surface area contributed by atoms with Gasteiger partial charge in [0.15, 0.2) is 0 Å². The number of methoxy groups -OCH3 is 1. The molecule has 0 saturated carbocycles. The number of pyridine rings is 1. The third-order valence-electron chi connectivity index (χ3n) is 4.92. The summed E-state index contributed by atoms with van der Waals surface area (Å²) in [5.74, 6) is 0.164. The average Bonchev–Trinajstić information content (AvgIpc) is 2.84. The van der Waals surface area contributed by atoms with E-state index < -0.39 is 15.9 Å². The number of ether oxygens (including phenoxy) is 1. The van der Waals surface area contributed by atoms with Crippen LogP contribution in [0, 0.1) is 0 Å². The van der Waals surface area contributed by atoms with Crippen LogP contribution in [-0.4, -0.2) is 26.4 Å². The molecule has 4 rings (SSSR count). The summed E-state index contributed by atoms with van der Waals surface area (Å²) >= 11 is 0. The van der Waals surface area contributed by atoms with Gasteiger partial charge in [0.25, 0.3) is 5.91 Å². The minimum atomic E-state index is -3.79. The van der Waals surface area contributed by atoms with Gasteiger partial charge in [0.05, 0.1) is 17.7 Å². The lowest BCUT2D eigenvalue weighted by atomic mass is 10.1. The van der Waals surface area contributed by atoms with Crippen LogP contribution in [0.4, 0.5) is 5.69 Å². The van der Waals surface area contributed by atoms with E-state index >= 15 is 0 Å². The summed E-state index contributed by atoms with van der Waals surface area (Å²) in [7, 11) is -2.23. The average molecular weight is 448 g/mol. The minimum Gasteiger partial charge on any atom is -0.494 e. The van der Waals surface area contributed by atoms with Crippen LogP contribution in [0.2, 0.25) is 0 Å². The lowest BCUT2D eigenvalue weighted by Gasteiger charge is -2.12. The molecule has 0 aliphatic heterocycles. The van der Waals surface area contributed by atoms with Crippen LogP contribution in [0.3, 0.4) is 0 Å². The molecule has 0 spiro atoms. The molecule has 0 aliphatic rings. The fourth-order valence-electron chi connectivity index (χ4n) is 3.28. The number of amides is 1. The largest absolute Gasteiger partial charge is 0.494 e. The first-order valence-corrected chi connectivity index (χ1v) is 11.3. The molecule has 162 valence electrons. The molecule has 1 amide bonds. The van der Waals surface area contributed by atoms with Gasteiger partial charge in [0.2, 0.25) is 10.0 Å². The van der Waals surface area contributed by atoms with Crippen LogP contribution in [-0.2, 0) is 16.6 Å². The second-order valence-electron chi connectivity index (χ2n) is 7.01. The van der Waals surface area contributed by atoms with Crippen LogP contribution in [0.5, 0.6) is 5.75 Å². The molecule has 7 nitrogen and oxygen atoms in total. The third kappa shape index (κ3) is 4.61. The van der Waals surface area contributed by atoms with Gasteiger partial charge >= 0.3 is 0 Å². The van der Waals surface area contributed by atoms with Gasteiger partial charge in [-0.15, -0.1) is 0 Å². The topological polar surface area (TPSA) is 97.4 Å². The van der Waals surface area contributed by atoms with Gasteiger partial charge in [0.1, 0.15) is 11.3 Å². The third-order valence-corrected chi connectivity index (χ3v) is 6.32. The Balaban J connectivity index is 1.56. The highest BCUT2D eigenvalue weighted by Gasteiger charge is 2.17. The maximum atomic E-state index is 12.9. The fraction of sp³-hybridized carbons (Fsp3) is 0.0833. The Morgan fingerprint density at radius 3 is 2.56 bits per heavy atom. The highest BCUT2D eigenvalue weighted by Crippen LogP contribution is 2.30. The summed E-state index contributed by atoms with van der Waals surface area (Å²) in [6.45, 7) is 0.157. The van der Waals surface area contributed by atoms with Gasteiger partial charge in [-0.3, -0.25) is 9.78 Å². The lowest BCUT2D eigenvalue weighted by molar-refractivity contribution is 0.102. The number of hydrogen-bond acceptors (Lipinski definition) is 5. The van der Waals surface area contributed by atoms with Gasteiger partial charge in [-0.05, 0) is 48.0 Å². The number of rotatable bonds is 7. The van der Waals surface area contributed by atoms with Gasteiger partial charge in [-0.1, -0.05) is 36.4 Å². The van der Waals surface area contributed by atoms with Crippen molar-refractivity contribution in [3.63, 3.8) is 0 Å². The minimum absolute atomic E-state index is 0.0161. The van der Waals surface area contributed by atoms with E-state index in [1.807, 2.05) is 36.4 Å². The summed E-state index contributed by atoms with van der Waals surface area (Å²) in [6.07, 6.45) is 1.65. The first-order chi connectivity index (χ1) is 15.5. The smallest absolute Gasteiger partial charge is 0.255 e. The number of carbonyl (C=O) groups excluding carboxylic acids is 1. The molecule has 8 heteroatoms. The quantitative estimate of drug-likeness (QED) is 0.447. The Hall–Kier alpha value is -3.75. The number of aromatic nitrogens is 1. The van der Waals surface area contributed by atoms with Gasteiger partial charge in [0, 0.05) is 23.7 Å². The second-order valence-corrected chi connectivity index (χ2v) is 8.77. The van der Waals surface area contributed by atoms with E-state index in [1.165, 1.54) is 12.1 Å². The number of sulfonamides is 1. The standard InChI is InChI=1S/C24H21N3O4S/c1-31-22-13-12-21(20-11-6-14-25-23(20)22)27-24(28)18-9-5-10-19(15-18)32(29,30)26-16-17-7-3-2-4-8-17/h2-15,26H,16H2,1H3,(H,27,28). The molecule has 0 unspecified atom stereocenters. The normalized spacial score (nSPS) is 11.3. The zero-order valence-corrected chi connectivity index (χ0v) is 18.1. The zero-order valence-electron chi connectivity index (χ0n) is 17.3. The Kier molecular flexibility index (Phi) is 6.16. The van der Waals surface area contributed by atoms with Gasteiger partial charge in [-0.2, -0.15) is 0 Å². The SMILES string of the molecule is COc1ccc(NC(=O)c2cccc(S(=O)(=O)NCc3ccccc3)c2)c2cccnc12. The van der Waals surface area contributed by atoms with E-state index in [-0.39, 0.29) is 17.0 Å². The van der Waals surface area contributed by atoms with Gasteiger partial charge in [-0.25, -0.2) is 13.1 Å². The molecule has 2 N–H and O–H groups in total. The van der Waals surface area contributed by atoms with Crippen molar-refractivity contribution in [2.24, 2.45) is 0 Å². The summed E-state index contributed by atoms with van der Waals surface area (Å²) in [4.78, 5) is 17.2. The molecule has 3 aromatic carbocycles. The van der Waals surface area contributed by atoms with Crippen molar-refractivity contribution < 1.29 is 17.9 Å². The van der Waals surface area contributed by atoms with Crippen LogP contribution < -0.4 is 14.8 Å². The number of nitrogens with zero attached hydrogens (tertiary/aromatic N) is 1. The molecule has 0 bridgehead atoms. The zero-order chi connectivity index (χ0) is 22.6.